The highest BCUT2D eigenvalue weighted by Crippen LogP contribution is 2.30. The zero-order chi connectivity index (χ0) is 18.1. The molecule has 0 spiro atoms. The van der Waals surface area contributed by atoms with Crippen LogP contribution in [0.5, 0.6) is 0 Å². The lowest BCUT2D eigenvalue weighted by Gasteiger charge is -2.26. The van der Waals surface area contributed by atoms with Crippen molar-refractivity contribution in [2.24, 2.45) is 0 Å². The van der Waals surface area contributed by atoms with Crippen LogP contribution < -0.4 is 5.32 Å². The van der Waals surface area contributed by atoms with E-state index in [-0.39, 0.29) is 17.7 Å². The molecule has 1 N–H and O–H groups in total. The number of nitrogens with zero attached hydrogens (tertiary/aromatic N) is 3. The third kappa shape index (κ3) is 3.54. The van der Waals surface area contributed by atoms with Crippen molar-refractivity contribution in [3.63, 3.8) is 0 Å². The Morgan fingerprint density at radius 1 is 1.31 bits per heavy atom. The Labute approximate surface area is 165 Å². The zero-order valence-corrected chi connectivity index (χ0v) is 16.1. The fraction of sp³-hybridized carbons (Fsp3) is 0.278. The highest BCUT2D eigenvalue weighted by Gasteiger charge is 2.21. The van der Waals surface area contributed by atoms with E-state index in [0.717, 1.165) is 19.3 Å². The van der Waals surface area contributed by atoms with Gasteiger partial charge < -0.3 is 5.32 Å². The van der Waals surface area contributed by atoms with Crippen LogP contribution in [-0.2, 0) is 11.2 Å². The molecule has 0 aliphatic heterocycles. The Morgan fingerprint density at radius 2 is 2.15 bits per heavy atom. The molecule has 1 aromatic carbocycles. The van der Waals surface area contributed by atoms with Crippen molar-refractivity contribution in [1.29, 1.82) is 0 Å². The second kappa shape index (κ2) is 7.47. The summed E-state index contributed by atoms with van der Waals surface area (Å²) in [6, 6.07) is 10.0. The summed E-state index contributed by atoms with van der Waals surface area (Å²) < 4.78 is 1.71. The Kier molecular flexibility index (Phi) is 5.07. The van der Waals surface area contributed by atoms with Gasteiger partial charge in [-0.15, -0.1) is 10.2 Å². The Morgan fingerprint density at radius 3 is 3.04 bits per heavy atom. The van der Waals surface area contributed by atoms with E-state index in [2.05, 4.69) is 27.6 Å². The average Bonchev–Trinajstić information content (AvgIpc) is 3.03. The number of carbonyl (C=O) groups excluding carboxylic acids is 1. The Bertz CT molecular complexity index is 975. The van der Waals surface area contributed by atoms with Crippen molar-refractivity contribution >= 4 is 46.5 Å². The lowest BCUT2D eigenvalue weighted by atomic mass is 9.88. The summed E-state index contributed by atoms with van der Waals surface area (Å²) in [6.07, 6.45) is 4.82. The molecular formula is C18H16Cl2N4OS. The topological polar surface area (TPSA) is 59.3 Å². The van der Waals surface area contributed by atoms with Crippen LogP contribution in [0.15, 0.2) is 41.7 Å². The minimum absolute atomic E-state index is 0.0263. The summed E-state index contributed by atoms with van der Waals surface area (Å²) in [4.78, 5) is 12.4. The summed E-state index contributed by atoms with van der Waals surface area (Å²) >= 11 is 13.5. The van der Waals surface area contributed by atoms with Gasteiger partial charge in [0.25, 0.3) is 0 Å². The van der Waals surface area contributed by atoms with E-state index < -0.39 is 0 Å². The molecule has 0 unspecified atom stereocenters. The second-order valence-corrected chi connectivity index (χ2v) is 7.97. The van der Waals surface area contributed by atoms with Gasteiger partial charge in [-0.1, -0.05) is 59.2 Å². The molecule has 2 aromatic heterocycles. The lowest BCUT2D eigenvalue weighted by Crippen LogP contribution is -2.32. The molecule has 1 aliphatic rings. The molecule has 0 saturated carbocycles. The molecule has 0 fully saturated rings. The van der Waals surface area contributed by atoms with Crippen molar-refractivity contribution in [1.82, 2.24) is 19.9 Å². The normalized spacial score (nSPS) is 16.5. The molecule has 1 atom stereocenters. The van der Waals surface area contributed by atoms with E-state index in [1.165, 1.54) is 22.9 Å². The number of pyridine rings is 1. The van der Waals surface area contributed by atoms with Crippen LogP contribution in [0.25, 0.3) is 5.65 Å². The first-order valence-corrected chi connectivity index (χ1v) is 10.1. The first-order chi connectivity index (χ1) is 12.6. The maximum absolute atomic E-state index is 12.4. The molecule has 0 radical (unpaired) electrons. The zero-order valence-electron chi connectivity index (χ0n) is 13.8. The molecule has 0 saturated heterocycles. The number of benzene rings is 1. The van der Waals surface area contributed by atoms with Gasteiger partial charge in [0.2, 0.25) is 5.91 Å². The van der Waals surface area contributed by atoms with Gasteiger partial charge in [-0.3, -0.25) is 9.20 Å². The molecular weight excluding hydrogens is 391 g/mol. The summed E-state index contributed by atoms with van der Waals surface area (Å²) in [7, 11) is 0. The number of carbonyl (C=O) groups is 1. The number of rotatable bonds is 4. The number of aryl methyl sites for hydroxylation is 1. The smallest absolute Gasteiger partial charge is 0.230 e. The number of hydrogen-bond donors (Lipinski definition) is 1. The van der Waals surface area contributed by atoms with Gasteiger partial charge in [-0.2, -0.15) is 0 Å². The predicted octanol–water partition coefficient (Wildman–Crippen LogP) is 4.32. The highest BCUT2D eigenvalue weighted by molar-refractivity contribution is 7.99. The van der Waals surface area contributed by atoms with E-state index in [9.17, 15) is 4.79 Å². The van der Waals surface area contributed by atoms with Gasteiger partial charge in [0, 0.05) is 6.20 Å². The van der Waals surface area contributed by atoms with E-state index in [4.69, 9.17) is 23.2 Å². The minimum atomic E-state index is -0.0263. The maximum Gasteiger partial charge on any atom is 0.230 e. The number of aromatic nitrogens is 3. The standard InChI is InChI=1S/C18H16Cl2N4OS/c19-12-8-14(20)17-22-23-18(24(17)9-12)26-10-16(25)21-15-7-3-5-11-4-1-2-6-13(11)15/h1-2,4,6,8-9,15H,3,5,7,10H2,(H,21,25)/t15-/m1/s1. The third-order valence-corrected chi connectivity index (χ3v) is 5.86. The Balaban J connectivity index is 1.44. The summed E-state index contributed by atoms with van der Waals surface area (Å²) in [5, 5.41) is 12.8. The summed E-state index contributed by atoms with van der Waals surface area (Å²) in [5.74, 6) is 0.227. The number of nitrogens with one attached hydrogen (secondary N) is 1. The fourth-order valence-corrected chi connectivity index (χ4v) is 4.50. The molecule has 8 heteroatoms. The molecule has 3 aromatic rings. The monoisotopic (exact) mass is 406 g/mol. The second-order valence-electron chi connectivity index (χ2n) is 6.18. The van der Waals surface area contributed by atoms with Gasteiger partial charge in [0.1, 0.15) is 0 Å². The van der Waals surface area contributed by atoms with Gasteiger partial charge in [-0.05, 0) is 36.5 Å². The maximum atomic E-state index is 12.4. The largest absolute Gasteiger partial charge is 0.349 e. The van der Waals surface area contributed by atoms with Crippen molar-refractivity contribution in [2.45, 2.75) is 30.5 Å². The molecule has 5 nitrogen and oxygen atoms in total. The van der Waals surface area contributed by atoms with Crippen LogP contribution in [0.3, 0.4) is 0 Å². The quantitative estimate of drug-likeness (QED) is 0.655. The van der Waals surface area contributed by atoms with Crippen molar-refractivity contribution in [3.8, 4) is 0 Å². The number of halogens is 2. The molecule has 26 heavy (non-hydrogen) atoms. The molecule has 1 amide bonds. The fourth-order valence-electron chi connectivity index (χ4n) is 3.27. The van der Waals surface area contributed by atoms with E-state index in [0.29, 0.717) is 20.8 Å². The van der Waals surface area contributed by atoms with Crippen molar-refractivity contribution < 1.29 is 4.79 Å². The molecule has 1 aliphatic carbocycles. The summed E-state index contributed by atoms with van der Waals surface area (Å²) in [5.41, 5.74) is 3.08. The SMILES string of the molecule is O=C(CSc1nnc2c(Cl)cc(Cl)cn12)N[C@@H]1CCCc2ccccc21. The number of amides is 1. The summed E-state index contributed by atoms with van der Waals surface area (Å²) in [6.45, 7) is 0. The number of fused-ring (bicyclic) bond motifs is 2. The van der Waals surface area contributed by atoms with Crippen LogP contribution in [0, 0.1) is 0 Å². The third-order valence-electron chi connectivity index (χ3n) is 4.43. The van der Waals surface area contributed by atoms with Gasteiger partial charge in [0.15, 0.2) is 10.8 Å². The predicted molar refractivity (Wildman–Crippen MR) is 104 cm³/mol. The van der Waals surface area contributed by atoms with E-state index >= 15 is 0 Å². The van der Waals surface area contributed by atoms with E-state index in [1.807, 2.05) is 12.1 Å². The van der Waals surface area contributed by atoms with Crippen molar-refractivity contribution in [3.05, 3.63) is 57.7 Å². The Hall–Kier alpha value is -1.76. The van der Waals surface area contributed by atoms with Crippen LogP contribution in [0.2, 0.25) is 10.0 Å². The first kappa shape index (κ1) is 17.6. The van der Waals surface area contributed by atoms with E-state index in [1.54, 1.807) is 16.7 Å². The first-order valence-electron chi connectivity index (χ1n) is 8.31. The average molecular weight is 407 g/mol. The van der Waals surface area contributed by atoms with Gasteiger partial charge in [0.05, 0.1) is 21.8 Å². The minimum Gasteiger partial charge on any atom is -0.349 e. The van der Waals surface area contributed by atoms with Gasteiger partial charge >= 0.3 is 0 Å². The molecule has 134 valence electrons. The number of hydrogen-bond acceptors (Lipinski definition) is 4. The van der Waals surface area contributed by atoms with Crippen LogP contribution in [0.4, 0.5) is 0 Å². The molecule has 0 bridgehead atoms. The molecule has 4 rings (SSSR count). The lowest BCUT2D eigenvalue weighted by molar-refractivity contribution is -0.119. The van der Waals surface area contributed by atoms with Crippen molar-refractivity contribution in [2.75, 3.05) is 5.75 Å². The van der Waals surface area contributed by atoms with Crippen LogP contribution in [-0.4, -0.2) is 26.3 Å². The van der Waals surface area contributed by atoms with Crippen LogP contribution >= 0.6 is 35.0 Å². The van der Waals surface area contributed by atoms with Crippen LogP contribution in [0.1, 0.15) is 30.0 Å². The number of thioether (sulfide) groups is 1. The molecule has 2 heterocycles. The highest BCUT2D eigenvalue weighted by atomic mass is 35.5. The van der Waals surface area contributed by atoms with Gasteiger partial charge in [-0.25, -0.2) is 0 Å².